The standard InChI is InChI=1S/C57H90O32/c1-19-12-55-10-6-27-54(4,53(76)87-51-45(85-49-41(75)37(71)32(66)24(16-60)80-49)42(33(67)25(17-61)81-51)83-47-39(73)35(69)30(64)22(14-58)78-47)8-5-9-57(27)28(55)7-11-56(19,20(2)13-55)89-52-46(86-50-44(88-57)38(72)29(63)21(3)77-50)43(34(68)26(18-62)82-52)84-48-40(74)36(70)31(65)23(15-59)79-48/h20-52,58-75H,1,5-18H2,2-4H3/t20-,21?,22?,23?,24?,25?,26?,27?,28-,29+,30-,31-,32-,33+,34-,35?,36?,37?,38?,39?,40?,41?,42?,43?,44?,45?,46?,47+,48+,49+,50+,51+,52+,54-,55?,56?,57+/m1/s1. The van der Waals surface area contributed by atoms with Crippen LogP contribution in [-0.2, 0) is 66.4 Å². The molecule has 18 N–H and O–H groups in total. The van der Waals surface area contributed by atoms with Crippen LogP contribution in [0.5, 0.6) is 0 Å². The summed E-state index contributed by atoms with van der Waals surface area (Å²) >= 11 is 0. The Morgan fingerprint density at radius 3 is 1.51 bits per heavy atom. The maximum atomic E-state index is 15.9. The predicted molar refractivity (Wildman–Crippen MR) is 286 cm³/mol. The number of rotatable bonds is 13. The van der Waals surface area contributed by atoms with Crippen LogP contribution < -0.4 is 0 Å². The minimum absolute atomic E-state index is 0.0879. The van der Waals surface area contributed by atoms with Gasteiger partial charge in [0.1, 0.15) is 134 Å². The van der Waals surface area contributed by atoms with Gasteiger partial charge in [-0.1, -0.05) is 13.5 Å². The largest absolute Gasteiger partial charge is 0.432 e. The summed E-state index contributed by atoms with van der Waals surface area (Å²) < 4.78 is 82.8. The Bertz CT molecular complexity index is 2450. The fourth-order valence-corrected chi connectivity index (χ4v) is 17.0. The van der Waals surface area contributed by atoms with Crippen molar-refractivity contribution in [1.82, 2.24) is 0 Å². The second kappa shape index (κ2) is 26.2. The summed E-state index contributed by atoms with van der Waals surface area (Å²) in [5, 5.41) is 198. The zero-order valence-corrected chi connectivity index (χ0v) is 49.4. The quantitative estimate of drug-likeness (QED) is 0.0601. The fraction of sp³-hybridized carbons (Fsp3) is 0.947. The number of ether oxygens (including phenoxy) is 13. The Kier molecular flexibility index (Phi) is 20.1. The number of carbonyl (C=O) groups excluding carboxylic acids is 1. The molecule has 0 aromatic heterocycles. The average molecular weight is 1290 g/mol. The lowest BCUT2D eigenvalue weighted by molar-refractivity contribution is -0.408. The average Bonchev–Trinajstić information content (AvgIpc) is 1.65. The summed E-state index contributed by atoms with van der Waals surface area (Å²) in [7, 11) is 0. The second-order valence-electron chi connectivity index (χ2n) is 26.8. The van der Waals surface area contributed by atoms with E-state index in [4.69, 9.17) is 61.6 Å². The van der Waals surface area contributed by atoms with Gasteiger partial charge in [0.15, 0.2) is 37.6 Å². The molecule has 510 valence electrons. The molecule has 12 fully saturated rings. The molecule has 21 unspecified atom stereocenters. The van der Waals surface area contributed by atoms with Crippen LogP contribution in [-0.4, -0.2) is 326 Å². The lowest BCUT2D eigenvalue weighted by Crippen LogP contribution is -2.70. The number of fused-ring (bicyclic) bond motifs is 4. The van der Waals surface area contributed by atoms with Crippen molar-refractivity contribution >= 4 is 5.97 Å². The van der Waals surface area contributed by atoms with E-state index in [2.05, 4.69) is 6.58 Å². The molecule has 5 saturated carbocycles. The first-order valence-corrected chi connectivity index (χ1v) is 30.9. The van der Waals surface area contributed by atoms with Crippen LogP contribution in [0.2, 0.25) is 0 Å². The Hall–Kier alpha value is -1.99. The van der Waals surface area contributed by atoms with Crippen molar-refractivity contribution in [3.8, 4) is 0 Å². The van der Waals surface area contributed by atoms with Crippen LogP contribution in [0.1, 0.15) is 78.6 Å². The van der Waals surface area contributed by atoms with E-state index >= 15 is 4.79 Å². The maximum Gasteiger partial charge on any atom is 0.314 e. The zero-order chi connectivity index (χ0) is 64.3. The third kappa shape index (κ3) is 11.5. The number of hydrogen-bond donors (Lipinski definition) is 18. The molecule has 7 saturated heterocycles. The molecule has 7 heterocycles. The first-order valence-electron chi connectivity index (χ1n) is 30.9. The lowest BCUT2D eigenvalue weighted by Gasteiger charge is -2.65. The van der Waals surface area contributed by atoms with Crippen LogP contribution in [0.4, 0.5) is 0 Å². The first kappa shape index (κ1) is 68.4. The summed E-state index contributed by atoms with van der Waals surface area (Å²) in [5.74, 6) is -2.79. The SMILES string of the molecule is C=C1CC23CCC4[C@](C)(C(=O)O[C@@H]5OC(CO)[C@H](O)C(O[C@@H]6OC(CO)[C@@H](O)C(O)C6O)C5O[C@@H]5OC(CO)[C@@H](O)C(O)C5O)CCC[C@]45OC4C(O)[C@@H](O)C(C)O[C@H]4OC4C(O[C@@H]6OC(CO)[C@@H](O)C(O)C6O)[C@H](O)C(CO)O[C@H]4OC1(CC[C@H]25)[C@H](C)C3. The highest BCUT2D eigenvalue weighted by molar-refractivity contribution is 5.77. The van der Waals surface area contributed by atoms with Crippen molar-refractivity contribution in [2.24, 2.45) is 28.6 Å². The summed E-state index contributed by atoms with van der Waals surface area (Å²) in [4.78, 5) is 15.9. The fourth-order valence-electron chi connectivity index (χ4n) is 17.0. The summed E-state index contributed by atoms with van der Waals surface area (Å²) in [6.45, 7) is 5.26. The Balaban J connectivity index is 0.983. The van der Waals surface area contributed by atoms with Gasteiger partial charge in [0.2, 0.25) is 6.29 Å². The van der Waals surface area contributed by atoms with E-state index < -0.39 is 257 Å². The first-order chi connectivity index (χ1) is 42.2. The highest BCUT2D eigenvalue weighted by Gasteiger charge is 2.72. The van der Waals surface area contributed by atoms with Gasteiger partial charge < -0.3 is 153 Å². The van der Waals surface area contributed by atoms with Crippen molar-refractivity contribution < 1.29 is 158 Å². The zero-order valence-electron chi connectivity index (χ0n) is 49.4. The molecular weight excluding hydrogens is 1200 g/mol. The van der Waals surface area contributed by atoms with Crippen molar-refractivity contribution in [2.75, 3.05) is 33.0 Å². The smallest absolute Gasteiger partial charge is 0.314 e. The van der Waals surface area contributed by atoms with Gasteiger partial charge in [0.05, 0.1) is 55.8 Å². The molecular formula is C57H90O32. The molecule has 37 atom stereocenters. The third-order valence-corrected chi connectivity index (χ3v) is 21.8. The van der Waals surface area contributed by atoms with Gasteiger partial charge in [0.25, 0.3) is 0 Å². The lowest BCUT2D eigenvalue weighted by atomic mass is 9.44. The number of carbonyl (C=O) groups is 1. The van der Waals surface area contributed by atoms with E-state index in [-0.39, 0.29) is 38.0 Å². The molecule has 5 aliphatic carbocycles. The highest BCUT2D eigenvalue weighted by atomic mass is 16.8. The molecule has 12 rings (SSSR count). The van der Waals surface area contributed by atoms with Crippen molar-refractivity contribution in [3.05, 3.63) is 12.2 Å². The van der Waals surface area contributed by atoms with Crippen molar-refractivity contribution in [1.29, 1.82) is 0 Å². The molecule has 3 spiro atoms. The van der Waals surface area contributed by atoms with Crippen LogP contribution >= 0.6 is 0 Å². The van der Waals surface area contributed by atoms with Crippen molar-refractivity contribution in [3.63, 3.8) is 0 Å². The number of aliphatic hydroxyl groups excluding tert-OH is 18. The molecule has 7 aliphatic heterocycles. The molecule has 0 aromatic rings. The van der Waals surface area contributed by atoms with E-state index in [1.807, 2.05) is 6.92 Å². The van der Waals surface area contributed by atoms with E-state index in [9.17, 15) is 91.9 Å². The Morgan fingerprint density at radius 2 is 0.966 bits per heavy atom. The van der Waals surface area contributed by atoms with E-state index in [1.165, 1.54) is 6.92 Å². The number of esters is 1. The number of hydrogen-bond acceptors (Lipinski definition) is 32. The van der Waals surface area contributed by atoms with E-state index in [1.54, 1.807) is 6.92 Å². The molecule has 3 bridgehead atoms. The monoisotopic (exact) mass is 1290 g/mol. The maximum absolute atomic E-state index is 15.9. The summed E-state index contributed by atoms with van der Waals surface area (Å²) in [6.07, 6.45) is -52.1. The normalized spacial score (nSPS) is 56.1. The minimum Gasteiger partial charge on any atom is -0.432 e. The van der Waals surface area contributed by atoms with E-state index in [0.29, 0.717) is 31.3 Å². The molecule has 0 aromatic carbocycles. The molecule has 12 aliphatic rings. The topological polar surface area (TPSA) is 501 Å². The summed E-state index contributed by atoms with van der Waals surface area (Å²) in [5.41, 5.74) is -4.44. The van der Waals surface area contributed by atoms with Crippen LogP contribution in [0.3, 0.4) is 0 Å². The molecule has 32 heteroatoms. The Labute approximate surface area is 510 Å². The van der Waals surface area contributed by atoms with Gasteiger partial charge in [-0.15, -0.1) is 0 Å². The minimum atomic E-state index is -2.13. The van der Waals surface area contributed by atoms with Gasteiger partial charge in [-0.3, -0.25) is 4.79 Å². The number of aliphatic hydroxyl groups is 18. The van der Waals surface area contributed by atoms with Gasteiger partial charge in [-0.05, 0) is 94.5 Å². The third-order valence-electron chi connectivity index (χ3n) is 21.8. The molecule has 32 nitrogen and oxygen atoms in total. The van der Waals surface area contributed by atoms with Crippen LogP contribution in [0.15, 0.2) is 12.2 Å². The summed E-state index contributed by atoms with van der Waals surface area (Å²) in [6, 6.07) is 0. The van der Waals surface area contributed by atoms with Gasteiger partial charge in [0, 0.05) is 5.92 Å². The molecule has 0 amide bonds. The van der Waals surface area contributed by atoms with E-state index in [0.717, 1.165) is 0 Å². The second-order valence-corrected chi connectivity index (χ2v) is 26.8. The van der Waals surface area contributed by atoms with Crippen LogP contribution in [0, 0.1) is 28.6 Å². The van der Waals surface area contributed by atoms with Gasteiger partial charge in [-0.2, -0.15) is 0 Å². The van der Waals surface area contributed by atoms with Gasteiger partial charge >= 0.3 is 5.97 Å². The Morgan fingerprint density at radius 1 is 0.483 bits per heavy atom. The molecule has 89 heavy (non-hydrogen) atoms. The van der Waals surface area contributed by atoms with Crippen molar-refractivity contribution in [2.45, 2.75) is 274 Å². The highest BCUT2D eigenvalue weighted by Crippen LogP contribution is 2.71. The van der Waals surface area contributed by atoms with Crippen LogP contribution in [0.25, 0.3) is 0 Å². The predicted octanol–water partition coefficient (Wildman–Crippen LogP) is -8.03. The molecule has 0 radical (unpaired) electrons. The van der Waals surface area contributed by atoms with Gasteiger partial charge in [-0.25, -0.2) is 0 Å².